The molecule has 0 aromatic heterocycles. The highest BCUT2D eigenvalue weighted by atomic mass is 35.5. The summed E-state index contributed by atoms with van der Waals surface area (Å²) in [6.45, 7) is 8.75. The van der Waals surface area contributed by atoms with E-state index in [2.05, 4.69) is 25.7 Å². The van der Waals surface area contributed by atoms with E-state index in [1.165, 1.54) is 23.8 Å². The Bertz CT molecular complexity index is 1440. The normalized spacial score (nSPS) is 27.9. The van der Waals surface area contributed by atoms with E-state index in [-0.39, 0.29) is 35.1 Å². The molecule has 0 unspecified atom stereocenters. The molecule has 4 aliphatic rings. The molecule has 0 saturated heterocycles. The number of Topliss-reactive ketones (excluding diaryl/α,β-unsaturated/α-hetero) is 2. The van der Waals surface area contributed by atoms with Gasteiger partial charge in [-0.2, -0.15) is 0 Å². The minimum Gasteiger partial charge on any atom is -0.508 e. The first-order valence-electron chi connectivity index (χ1n) is 14.4. The maximum Gasteiger partial charge on any atom is 0.255 e. The molecule has 1 aromatic carbocycles. The molecule has 4 aliphatic carbocycles. The average Bonchev–Trinajstić information content (AvgIpc) is 3.67. The summed E-state index contributed by atoms with van der Waals surface area (Å²) in [5.74, 6) is -6.15. The number of primary amides is 1. The number of aliphatic hydroxyl groups excluding tert-OH is 2. The van der Waals surface area contributed by atoms with Crippen LogP contribution >= 0.6 is 11.6 Å². The number of carbonyl (C=O) groups excluding carboxylic acids is 3. The van der Waals surface area contributed by atoms with E-state index in [1.54, 1.807) is 14.1 Å². The minimum atomic E-state index is -2.67. The van der Waals surface area contributed by atoms with Crippen LogP contribution in [0.4, 0.5) is 0 Å². The second-order valence-corrected chi connectivity index (χ2v) is 14.2. The van der Waals surface area contributed by atoms with Crippen LogP contribution in [0.1, 0.15) is 56.7 Å². The number of ketones is 2. The molecular formula is C31H40ClN3O7. The Hall–Kier alpha value is -2.92. The van der Waals surface area contributed by atoms with Gasteiger partial charge in [-0.15, -0.1) is 0 Å². The highest BCUT2D eigenvalue weighted by molar-refractivity contribution is 6.32. The van der Waals surface area contributed by atoms with Gasteiger partial charge in [0.2, 0.25) is 5.78 Å². The quantitative estimate of drug-likeness (QED) is 0.295. The molecule has 0 bridgehead atoms. The predicted molar refractivity (Wildman–Crippen MR) is 157 cm³/mol. The lowest BCUT2D eigenvalue weighted by atomic mass is 9.57. The van der Waals surface area contributed by atoms with Gasteiger partial charge in [-0.05, 0) is 74.2 Å². The van der Waals surface area contributed by atoms with Crippen LogP contribution in [-0.4, -0.2) is 86.5 Å². The standard InChI is InChI=1S/C31H40ClN3O7/c1-30(2,3)13-35(11-14-6-7-14)12-16-10-19(36)21-17(23(16)32)8-15-9-18-24(34(4)5)26(38)22(29(33)41)28(40)31(18,42)27(39)20(15)25(21)37/h10,14-15,18,24,36-37,40,42H,6-9,11-13H2,1-5H3,(H2,33,41)/t15-,18-,24-,31-/m0/s1. The number of aromatic hydroxyl groups is 1. The number of phenolic OH excluding ortho intramolecular Hbond substituents is 1. The fourth-order valence-corrected chi connectivity index (χ4v) is 7.51. The molecular weight excluding hydrogens is 562 g/mol. The fraction of sp³-hybridized carbons (Fsp3) is 0.581. The lowest BCUT2D eigenvalue weighted by Gasteiger charge is -2.50. The second kappa shape index (κ2) is 10.4. The summed E-state index contributed by atoms with van der Waals surface area (Å²) in [5.41, 5.74) is 2.92. The first-order chi connectivity index (χ1) is 19.5. The van der Waals surface area contributed by atoms with Crippen molar-refractivity contribution in [1.29, 1.82) is 0 Å². The Morgan fingerprint density at radius 1 is 1.17 bits per heavy atom. The molecule has 1 amide bonds. The van der Waals surface area contributed by atoms with Crippen molar-refractivity contribution in [2.24, 2.45) is 28.9 Å². The molecule has 11 heteroatoms. The molecule has 0 spiro atoms. The maximum absolute atomic E-state index is 14.0. The highest BCUT2D eigenvalue weighted by Crippen LogP contribution is 2.53. The van der Waals surface area contributed by atoms with Gasteiger partial charge < -0.3 is 26.2 Å². The van der Waals surface area contributed by atoms with Crippen LogP contribution in [0.2, 0.25) is 5.02 Å². The Kier molecular flexibility index (Phi) is 7.53. The van der Waals surface area contributed by atoms with Gasteiger partial charge in [-0.3, -0.25) is 24.2 Å². The monoisotopic (exact) mass is 601 g/mol. The lowest BCUT2D eigenvalue weighted by Crippen LogP contribution is -2.65. The van der Waals surface area contributed by atoms with Crippen LogP contribution in [-0.2, 0) is 27.3 Å². The molecule has 228 valence electrons. The largest absolute Gasteiger partial charge is 0.508 e. The summed E-state index contributed by atoms with van der Waals surface area (Å²) in [6.07, 6.45) is 2.56. The second-order valence-electron chi connectivity index (χ2n) is 13.9. The summed E-state index contributed by atoms with van der Waals surface area (Å²) in [7, 11) is 3.14. The van der Waals surface area contributed by atoms with E-state index in [1.807, 2.05) is 0 Å². The smallest absolute Gasteiger partial charge is 0.255 e. The van der Waals surface area contributed by atoms with Crippen molar-refractivity contribution in [3.05, 3.63) is 44.7 Å². The van der Waals surface area contributed by atoms with Gasteiger partial charge in [0.15, 0.2) is 11.4 Å². The van der Waals surface area contributed by atoms with Crippen LogP contribution in [0.5, 0.6) is 5.75 Å². The third-order valence-electron chi connectivity index (χ3n) is 9.03. The summed E-state index contributed by atoms with van der Waals surface area (Å²) < 4.78 is 0. The molecule has 6 N–H and O–H groups in total. The van der Waals surface area contributed by atoms with Crippen LogP contribution in [0.15, 0.2) is 23.0 Å². The SMILES string of the molecule is CN(C)[C@@H]1C(=O)C(C(N)=O)=C(O)[C@@]2(O)C(=O)C3=C(O)c4c(O)cc(CN(CC5CC5)CC(C)(C)C)c(Cl)c4C[C@H]3C[C@@H]12. The summed E-state index contributed by atoms with van der Waals surface area (Å²) in [6, 6.07) is 0.376. The Labute approximate surface area is 250 Å². The van der Waals surface area contributed by atoms with Crippen LogP contribution in [0, 0.1) is 23.2 Å². The number of fused-ring (bicyclic) bond motifs is 3. The molecule has 42 heavy (non-hydrogen) atoms. The van der Waals surface area contributed by atoms with Crippen LogP contribution in [0.25, 0.3) is 5.76 Å². The van der Waals surface area contributed by atoms with Gasteiger partial charge in [0, 0.05) is 36.1 Å². The third kappa shape index (κ3) is 4.92. The number of aliphatic hydroxyl groups is 3. The van der Waals surface area contributed by atoms with Gasteiger partial charge in [-0.25, -0.2) is 0 Å². The Morgan fingerprint density at radius 3 is 2.36 bits per heavy atom. The molecule has 0 aliphatic heterocycles. The predicted octanol–water partition coefficient (Wildman–Crippen LogP) is 2.88. The molecule has 5 rings (SSSR count). The topological polar surface area (TPSA) is 165 Å². The van der Waals surface area contributed by atoms with Gasteiger partial charge >= 0.3 is 0 Å². The third-order valence-corrected chi connectivity index (χ3v) is 9.51. The number of rotatable bonds is 7. The van der Waals surface area contributed by atoms with Gasteiger partial charge in [-0.1, -0.05) is 32.4 Å². The minimum absolute atomic E-state index is 0.00426. The van der Waals surface area contributed by atoms with E-state index >= 15 is 0 Å². The van der Waals surface area contributed by atoms with Gasteiger partial charge in [0.1, 0.15) is 22.8 Å². The number of likely N-dealkylation sites (N-methyl/N-ethyl adjacent to an activating group) is 1. The lowest BCUT2D eigenvalue weighted by molar-refractivity contribution is -0.153. The van der Waals surface area contributed by atoms with Crippen molar-refractivity contribution in [2.75, 3.05) is 27.2 Å². The highest BCUT2D eigenvalue weighted by Gasteiger charge is 2.64. The fourth-order valence-electron chi connectivity index (χ4n) is 7.22. The van der Waals surface area contributed by atoms with Gasteiger partial charge in [0.05, 0.1) is 11.6 Å². The zero-order valence-electron chi connectivity index (χ0n) is 24.7. The number of carbonyl (C=O) groups is 3. The van der Waals surface area contributed by atoms with Crippen molar-refractivity contribution < 1.29 is 34.8 Å². The number of hydrogen-bond acceptors (Lipinski definition) is 9. The number of benzene rings is 1. The molecule has 10 nitrogen and oxygen atoms in total. The van der Waals surface area contributed by atoms with Crippen molar-refractivity contribution in [1.82, 2.24) is 9.80 Å². The first kappa shape index (κ1) is 30.5. The molecule has 2 saturated carbocycles. The van der Waals surface area contributed by atoms with Crippen LogP contribution in [0.3, 0.4) is 0 Å². The van der Waals surface area contributed by atoms with Crippen LogP contribution < -0.4 is 5.73 Å². The molecule has 2 fully saturated rings. The van der Waals surface area contributed by atoms with Gasteiger partial charge in [0.25, 0.3) is 5.91 Å². The van der Waals surface area contributed by atoms with E-state index in [0.29, 0.717) is 28.6 Å². The number of nitrogens with zero attached hydrogens (tertiary/aromatic N) is 2. The van der Waals surface area contributed by atoms with E-state index < -0.39 is 58.0 Å². The van der Waals surface area contributed by atoms with Crippen molar-refractivity contribution in [2.45, 2.75) is 64.6 Å². The summed E-state index contributed by atoms with van der Waals surface area (Å²) in [4.78, 5) is 43.2. The maximum atomic E-state index is 14.0. The number of halogens is 1. The molecule has 4 atom stereocenters. The van der Waals surface area contributed by atoms with Crippen molar-refractivity contribution >= 4 is 34.8 Å². The Morgan fingerprint density at radius 2 is 1.81 bits per heavy atom. The van der Waals surface area contributed by atoms with Crippen molar-refractivity contribution in [3.8, 4) is 5.75 Å². The van der Waals surface area contributed by atoms with E-state index in [9.17, 15) is 34.8 Å². The number of amides is 1. The van der Waals surface area contributed by atoms with E-state index in [0.717, 1.165) is 13.1 Å². The summed E-state index contributed by atoms with van der Waals surface area (Å²) >= 11 is 6.98. The molecule has 1 aromatic rings. The van der Waals surface area contributed by atoms with Crippen molar-refractivity contribution in [3.63, 3.8) is 0 Å². The zero-order valence-corrected chi connectivity index (χ0v) is 25.5. The zero-order chi connectivity index (χ0) is 31.0. The Balaban J connectivity index is 1.60. The number of phenols is 1. The molecule has 0 heterocycles. The average molecular weight is 602 g/mol. The summed E-state index contributed by atoms with van der Waals surface area (Å²) in [5, 5.41) is 45.7. The number of hydrogen-bond donors (Lipinski definition) is 5. The van der Waals surface area contributed by atoms with E-state index in [4.69, 9.17) is 17.3 Å². The number of nitrogens with two attached hydrogens (primary N) is 1. The molecule has 0 radical (unpaired) electrons. The first-order valence-corrected chi connectivity index (χ1v) is 14.8.